The van der Waals surface area contributed by atoms with Crippen molar-refractivity contribution in [3.8, 4) is 0 Å². The normalized spacial score (nSPS) is 38.2. The van der Waals surface area contributed by atoms with Crippen LogP contribution in [-0.2, 0) is 0 Å². The number of hydrogen-bond acceptors (Lipinski definition) is 1. The summed E-state index contributed by atoms with van der Waals surface area (Å²) < 4.78 is 0. The summed E-state index contributed by atoms with van der Waals surface area (Å²) in [6.45, 7) is 14.9. The van der Waals surface area contributed by atoms with Gasteiger partial charge in [-0.3, -0.25) is 4.99 Å². The fourth-order valence-electron chi connectivity index (χ4n) is 14.8. The minimum absolute atomic E-state index is 0.496. The van der Waals surface area contributed by atoms with Gasteiger partial charge >= 0.3 is 0 Å². The molecule has 0 N–H and O–H groups in total. The van der Waals surface area contributed by atoms with Crippen LogP contribution in [0.5, 0.6) is 0 Å². The highest BCUT2D eigenvalue weighted by atomic mass is 14.8. The maximum Gasteiger partial charge on any atom is 0.0691 e. The van der Waals surface area contributed by atoms with Gasteiger partial charge in [0.15, 0.2) is 0 Å². The third-order valence-electron chi connectivity index (χ3n) is 19.0. The molecule has 1 heteroatoms. The zero-order valence-electron chi connectivity index (χ0n) is 41.9. The summed E-state index contributed by atoms with van der Waals surface area (Å²) in [5.74, 6) is 7.93. The number of nitrogens with zero attached hydrogens (tertiary/aromatic N) is 1. The van der Waals surface area contributed by atoms with Crippen molar-refractivity contribution in [1.82, 2.24) is 0 Å². The lowest BCUT2D eigenvalue weighted by atomic mass is 9.66. The number of allylic oxidation sites excluding steroid dienone is 22. The smallest absolute Gasteiger partial charge is 0.0691 e. The summed E-state index contributed by atoms with van der Waals surface area (Å²) in [5, 5.41) is 0. The minimum atomic E-state index is 0.496. The zero-order chi connectivity index (χ0) is 44.9. The highest BCUT2D eigenvalue weighted by Crippen LogP contribution is 2.50. The van der Waals surface area contributed by atoms with Crippen LogP contribution < -0.4 is 0 Å². The molecule has 0 bridgehead atoms. The lowest BCUT2D eigenvalue weighted by molar-refractivity contribution is 0.227. The maximum absolute atomic E-state index is 6.05. The molecule has 0 saturated heterocycles. The third kappa shape index (κ3) is 10.4. The van der Waals surface area contributed by atoms with E-state index in [0.717, 1.165) is 36.5 Å². The van der Waals surface area contributed by atoms with Crippen molar-refractivity contribution in [2.75, 3.05) is 0 Å². The van der Waals surface area contributed by atoms with Crippen LogP contribution in [0.15, 0.2) is 146 Å². The Morgan fingerprint density at radius 2 is 1.45 bits per heavy atom. The van der Waals surface area contributed by atoms with Crippen LogP contribution >= 0.6 is 0 Å². The Morgan fingerprint density at radius 3 is 2.15 bits per heavy atom. The van der Waals surface area contributed by atoms with Crippen molar-refractivity contribution in [1.29, 1.82) is 0 Å². The van der Waals surface area contributed by atoms with Crippen LogP contribution in [0.4, 0.5) is 0 Å². The second kappa shape index (κ2) is 21.7. The molecule has 0 amide bonds. The van der Waals surface area contributed by atoms with Gasteiger partial charge in [-0.25, -0.2) is 0 Å². The van der Waals surface area contributed by atoms with E-state index in [1.54, 1.807) is 33.4 Å². The Balaban J connectivity index is 0.983. The summed E-state index contributed by atoms with van der Waals surface area (Å²) in [4.78, 5) is 6.05. The fraction of sp³-hybridized carbons (Fsp3) is 0.609. The second-order valence-corrected chi connectivity index (χ2v) is 22.7. The van der Waals surface area contributed by atoms with E-state index in [2.05, 4.69) is 133 Å². The molecule has 12 unspecified atom stereocenters. The maximum atomic E-state index is 6.05. The van der Waals surface area contributed by atoms with Gasteiger partial charge in [0.25, 0.3) is 0 Å². The summed E-state index contributed by atoms with van der Waals surface area (Å²) >= 11 is 0. The molecule has 348 valence electrons. The number of aliphatic imine (C=N–C) groups is 1. The molecule has 0 aromatic carbocycles. The van der Waals surface area contributed by atoms with E-state index >= 15 is 0 Å². The van der Waals surface area contributed by atoms with Gasteiger partial charge in [-0.1, -0.05) is 132 Å². The molecule has 0 saturated carbocycles. The molecule has 65 heavy (non-hydrogen) atoms. The molecule has 0 fully saturated rings. The van der Waals surface area contributed by atoms with Crippen LogP contribution in [0, 0.1) is 71.0 Å². The molecular weight excluding hydrogens is 783 g/mol. The van der Waals surface area contributed by atoms with Crippen LogP contribution in [0.2, 0.25) is 0 Å². The third-order valence-corrected chi connectivity index (χ3v) is 19.0. The quantitative estimate of drug-likeness (QED) is 0.194. The average molecular weight is 870 g/mol. The molecule has 1 aliphatic heterocycles. The van der Waals surface area contributed by atoms with E-state index < -0.39 is 0 Å². The molecule has 0 spiro atoms. The van der Waals surface area contributed by atoms with Crippen molar-refractivity contribution < 1.29 is 0 Å². The van der Waals surface area contributed by atoms with Gasteiger partial charge < -0.3 is 0 Å². The molecule has 0 radical (unpaired) electrons. The fourth-order valence-corrected chi connectivity index (χ4v) is 14.8. The largest absolute Gasteiger partial charge is 0.252 e. The molecule has 9 rings (SSSR count). The Bertz CT molecular complexity index is 2140. The van der Waals surface area contributed by atoms with E-state index in [1.807, 2.05) is 0 Å². The SMILES string of the molecule is CCC1C(C2=CC=CC(C3CC=C(C4=CCC(C)C(C)C(CC)C4C4=CCCC=C4)CC3)C2)=N/C(C2=CCC(C3C=CCCC3C)C=C2)=C(\C)CCC1C1CC=C(C2=CCCCC2)CC1. The van der Waals surface area contributed by atoms with Gasteiger partial charge in [0.05, 0.1) is 5.70 Å². The van der Waals surface area contributed by atoms with E-state index in [1.165, 1.54) is 145 Å². The minimum Gasteiger partial charge on any atom is -0.252 e. The van der Waals surface area contributed by atoms with Crippen molar-refractivity contribution >= 4 is 5.71 Å². The van der Waals surface area contributed by atoms with Crippen molar-refractivity contribution in [2.45, 2.75) is 176 Å². The molecule has 8 aliphatic carbocycles. The van der Waals surface area contributed by atoms with Crippen molar-refractivity contribution in [2.24, 2.45) is 76.0 Å². The van der Waals surface area contributed by atoms with Crippen molar-refractivity contribution in [3.63, 3.8) is 0 Å². The number of hydrogen-bond donors (Lipinski definition) is 0. The predicted molar refractivity (Wildman–Crippen MR) is 280 cm³/mol. The lowest BCUT2D eigenvalue weighted by Crippen LogP contribution is -2.34. The first kappa shape index (κ1) is 46.7. The lowest BCUT2D eigenvalue weighted by Gasteiger charge is -2.40. The monoisotopic (exact) mass is 870 g/mol. The van der Waals surface area contributed by atoms with Gasteiger partial charge in [-0.05, 0) is 239 Å². The van der Waals surface area contributed by atoms with Gasteiger partial charge in [-0.2, -0.15) is 0 Å². The van der Waals surface area contributed by atoms with E-state index in [0.29, 0.717) is 47.3 Å². The van der Waals surface area contributed by atoms with E-state index in [9.17, 15) is 0 Å². The summed E-state index contributed by atoms with van der Waals surface area (Å²) in [7, 11) is 0. The highest BCUT2D eigenvalue weighted by Gasteiger charge is 2.39. The van der Waals surface area contributed by atoms with Crippen LogP contribution in [0.1, 0.15) is 176 Å². The molecule has 12 atom stereocenters. The molecule has 1 heterocycles. The Morgan fingerprint density at radius 1 is 0.615 bits per heavy atom. The second-order valence-electron chi connectivity index (χ2n) is 22.7. The summed E-state index contributed by atoms with van der Waals surface area (Å²) in [6.07, 6.45) is 64.7. The van der Waals surface area contributed by atoms with Crippen LogP contribution in [0.3, 0.4) is 0 Å². The standard InChI is InChI=1S/C64H87N/c1-7-57-46(6)43(3)26-41-61(62(57)53-21-13-10-14-22-53)52-34-30-49(31-35-52)55-23-17-24-56(42-55)64-58(8-2)60(51-32-28-48(29-33-51)47-19-11-9-12-20-47)40-27-45(5)63(65-64)54-38-36-50(37-39-54)59-25-16-15-18-44(59)4/h13,16-17,19,21-25,28,34,36,38-39,41,43-44,46,49-51,55,57-60,62H,7-12,14-15,18,20,26-27,29-33,35,37,40,42H2,1-6H3/b63-45+,65-64?. The molecule has 0 aromatic heterocycles. The molecule has 9 aliphatic rings. The molecule has 1 nitrogen and oxygen atoms in total. The van der Waals surface area contributed by atoms with Crippen molar-refractivity contribution in [3.05, 3.63) is 141 Å². The van der Waals surface area contributed by atoms with Crippen LogP contribution in [-0.4, -0.2) is 5.71 Å². The van der Waals surface area contributed by atoms with Gasteiger partial charge in [0.1, 0.15) is 0 Å². The van der Waals surface area contributed by atoms with Gasteiger partial charge in [0, 0.05) is 17.5 Å². The number of rotatable bonds is 10. The Labute approximate surface area is 397 Å². The first-order chi connectivity index (χ1) is 31.8. The van der Waals surface area contributed by atoms with Gasteiger partial charge in [0.2, 0.25) is 0 Å². The topological polar surface area (TPSA) is 12.4 Å². The van der Waals surface area contributed by atoms with E-state index in [4.69, 9.17) is 4.99 Å². The Hall–Kier alpha value is -3.45. The first-order valence-corrected chi connectivity index (χ1v) is 27.7. The first-order valence-electron chi connectivity index (χ1n) is 27.7. The van der Waals surface area contributed by atoms with Gasteiger partial charge in [-0.15, -0.1) is 0 Å². The summed E-state index contributed by atoms with van der Waals surface area (Å²) in [5.41, 5.74) is 15.6. The highest BCUT2D eigenvalue weighted by molar-refractivity contribution is 6.03. The zero-order valence-corrected chi connectivity index (χ0v) is 41.9. The molecule has 0 aromatic rings. The molecular formula is C64H87N. The van der Waals surface area contributed by atoms with Crippen LogP contribution in [0.25, 0.3) is 0 Å². The average Bonchev–Trinajstić information content (AvgIpc) is 3.48. The summed E-state index contributed by atoms with van der Waals surface area (Å²) in [6, 6.07) is 0. The van der Waals surface area contributed by atoms with E-state index in [-0.39, 0.29) is 0 Å². The Kier molecular flexibility index (Phi) is 15.6. The predicted octanol–water partition coefficient (Wildman–Crippen LogP) is 18.2.